The number of alkyl halides is 3. The summed E-state index contributed by atoms with van der Waals surface area (Å²) in [4.78, 5) is 20.4. The Labute approximate surface area is 143 Å². The Kier molecular flexibility index (Phi) is 4.57. The molecule has 1 amide bonds. The maximum Gasteiger partial charge on any atom is 0.432 e. The molecule has 3 heterocycles. The van der Waals surface area contributed by atoms with Gasteiger partial charge in [0.25, 0.3) is 0 Å². The molecule has 1 atom stereocenters. The minimum Gasteiger partial charge on any atom is -0.340 e. The number of rotatable bonds is 3. The number of nitrogens with one attached hydrogen (secondary N) is 1. The van der Waals surface area contributed by atoms with Gasteiger partial charge in [-0.15, -0.1) is 0 Å². The number of likely N-dealkylation sites (tertiary alicyclic amines) is 1. The highest BCUT2D eigenvalue weighted by molar-refractivity contribution is 5.76. The fraction of sp³-hybridized carbons (Fsp3) is 0.562. The maximum atomic E-state index is 12.7. The Hall–Kier alpha value is -2.32. The van der Waals surface area contributed by atoms with Crippen molar-refractivity contribution in [2.45, 2.75) is 45.3 Å². The quantitative estimate of drug-likeness (QED) is 0.920. The van der Waals surface area contributed by atoms with Gasteiger partial charge in [-0.05, 0) is 32.8 Å². The zero-order chi connectivity index (χ0) is 18.2. The first-order valence-corrected chi connectivity index (χ1v) is 8.15. The van der Waals surface area contributed by atoms with Crippen LogP contribution in [0.25, 0.3) is 0 Å². The standard InChI is InChI=1S/C16H20F3N5O/c1-10-6-11(2)24(22-10)9-14(25)23-5-3-4-12(8-23)15-20-7-13(21-15)16(17,18)19/h6-7,12H,3-5,8-9H2,1-2H3,(H,20,21)/t12-/m0/s1. The van der Waals surface area contributed by atoms with Crippen LogP contribution >= 0.6 is 0 Å². The third-order valence-corrected chi connectivity index (χ3v) is 4.45. The summed E-state index contributed by atoms with van der Waals surface area (Å²) in [7, 11) is 0. The fourth-order valence-electron chi connectivity index (χ4n) is 3.18. The average molecular weight is 355 g/mol. The number of piperidine rings is 1. The molecular weight excluding hydrogens is 335 g/mol. The van der Waals surface area contributed by atoms with Crippen molar-refractivity contribution in [1.29, 1.82) is 0 Å². The Morgan fingerprint density at radius 1 is 1.40 bits per heavy atom. The molecule has 0 spiro atoms. The lowest BCUT2D eigenvalue weighted by molar-refractivity contribution is -0.141. The molecule has 1 saturated heterocycles. The van der Waals surface area contributed by atoms with Gasteiger partial charge in [-0.1, -0.05) is 0 Å². The van der Waals surface area contributed by atoms with E-state index >= 15 is 0 Å². The zero-order valence-corrected chi connectivity index (χ0v) is 14.1. The number of imidazole rings is 1. The van der Waals surface area contributed by atoms with E-state index in [1.165, 1.54) is 0 Å². The molecule has 0 radical (unpaired) electrons. The summed E-state index contributed by atoms with van der Waals surface area (Å²) in [5.74, 6) is -0.0105. The van der Waals surface area contributed by atoms with Gasteiger partial charge in [-0.3, -0.25) is 9.48 Å². The highest BCUT2D eigenvalue weighted by Crippen LogP contribution is 2.31. The highest BCUT2D eigenvalue weighted by atomic mass is 19.4. The molecular formula is C16H20F3N5O. The first-order valence-electron chi connectivity index (χ1n) is 8.15. The van der Waals surface area contributed by atoms with Gasteiger partial charge in [0, 0.05) is 24.7 Å². The minimum atomic E-state index is -4.44. The predicted molar refractivity (Wildman–Crippen MR) is 83.8 cm³/mol. The number of aromatic amines is 1. The smallest absolute Gasteiger partial charge is 0.340 e. The highest BCUT2D eigenvalue weighted by Gasteiger charge is 2.34. The average Bonchev–Trinajstić information content (AvgIpc) is 3.14. The van der Waals surface area contributed by atoms with E-state index in [0.29, 0.717) is 19.5 Å². The van der Waals surface area contributed by atoms with Gasteiger partial charge in [0.15, 0.2) is 0 Å². The van der Waals surface area contributed by atoms with E-state index in [1.807, 2.05) is 19.9 Å². The van der Waals surface area contributed by atoms with Crippen molar-refractivity contribution in [2.75, 3.05) is 13.1 Å². The SMILES string of the molecule is Cc1cc(C)n(CC(=O)N2CCC[C@H](c3ncc(C(F)(F)F)[nH]3)C2)n1. The number of H-pyrrole nitrogens is 1. The lowest BCUT2D eigenvalue weighted by Crippen LogP contribution is -2.41. The summed E-state index contributed by atoms with van der Waals surface area (Å²) in [6, 6.07) is 1.90. The lowest BCUT2D eigenvalue weighted by Gasteiger charge is -2.32. The Bertz CT molecular complexity index is 764. The first kappa shape index (κ1) is 17.5. The van der Waals surface area contributed by atoms with Crippen LogP contribution in [0, 0.1) is 13.8 Å². The number of aromatic nitrogens is 4. The van der Waals surface area contributed by atoms with E-state index in [1.54, 1.807) is 9.58 Å². The van der Waals surface area contributed by atoms with Crippen LogP contribution in [0.2, 0.25) is 0 Å². The molecule has 1 aliphatic heterocycles. The van der Waals surface area contributed by atoms with E-state index in [0.717, 1.165) is 24.0 Å². The van der Waals surface area contributed by atoms with Crippen molar-refractivity contribution in [3.63, 3.8) is 0 Å². The molecule has 0 unspecified atom stereocenters. The van der Waals surface area contributed by atoms with Crippen molar-refractivity contribution in [3.8, 4) is 0 Å². The summed E-state index contributed by atoms with van der Waals surface area (Å²) < 4.78 is 39.8. The van der Waals surface area contributed by atoms with Crippen LogP contribution in [0.15, 0.2) is 12.3 Å². The normalized spacial score (nSPS) is 18.6. The van der Waals surface area contributed by atoms with Crippen LogP contribution in [0.5, 0.6) is 0 Å². The van der Waals surface area contributed by atoms with Crippen molar-refractivity contribution < 1.29 is 18.0 Å². The van der Waals surface area contributed by atoms with Crippen LogP contribution < -0.4 is 0 Å². The summed E-state index contributed by atoms with van der Waals surface area (Å²) in [6.07, 6.45) is -2.19. The summed E-state index contributed by atoms with van der Waals surface area (Å²) in [6.45, 7) is 4.84. The number of carbonyl (C=O) groups is 1. The van der Waals surface area contributed by atoms with Crippen molar-refractivity contribution in [1.82, 2.24) is 24.6 Å². The van der Waals surface area contributed by atoms with Crippen molar-refractivity contribution in [3.05, 3.63) is 35.2 Å². The van der Waals surface area contributed by atoms with Gasteiger partial charge in [-0.2, -0.15) is 18.3 Å². The molecule has 3 rings (SSSR count). The first-order chi connectivity index (χ1) is 11.7. The molecule has 1 N–H and O–H groups in total. The Morgan fingerprint density at radius 3 is 2.76 bits per heavy atom. The third kappa shape index (κ3) is 3.85. The summed E-state index contributed by atoms with van der Waals surface area (Å²) in [5, 5.41) is 4.28. The van der Waals surface area contributed by atoms with E-state index in [-0.39, 0.29) is 24.2 Å². The molecule has 6 nitrogen and oxygen atoms in total. The van der Waals surface area contributed by atoms with Crippen molar-refractivity contribution >= 4 is 5.91 Å². The van der Waals surface area contributed by atoms with Gasteiger partial charge in [-0.25, -0.2) is 4.98 Å². The molecule has 1 fully saturated rings. The number of halogens is 3. The molecule has 0 saturated carbocycles. The monoisotopic (exact) mass is 355 g/mol. The van der Waals surface area contributed by atoms with Crippen LogP contribution in [-0.4, -0.2) is 43.6 Å². The molecule has 0 aromatic carbocycles. The predicted octanol–water partition coefficient (Wildman–Crippen LogP) is 2.65. The van der Waals surface area contributed by atoms with Gasteiger partial charge >= 0.3 is 6.18 Å². The molecule has 9 heteroatoms. The third-order valence-electron chi connectivity index (χ3n) is 4.45. The Morgan fingerprint density at radius 2 is 2.16 bits per heavy atom. The van der Waals surface area contributed by atoms with Gasteiger partial charge in [0.05, 0.1) is 11.9 Å². The van der Waals surface area contributed by atoms with Crippen LogP contribution in [-0.2, 0) is 17.5 Å². The molecule has 25 heavy (non-hydrogen) atoms. The van der Waals surface area contributed by atoms with E-state index in [9.17, 15) is 18.0 Å². The minimum absolute atomic E-state index is 0.0847. The number of aryl methyl sites for hydroxylation is 2. The maximum absolute atomic E-state index is 12.7. The topological polar surface area (TPSA) is 66.8 Å². The van der Waals surface area contributed by atoms with E-state index in [4.69, 9.17) is 0 Å². The lowest BCUT2D eigenvalue weighted by atomic mass is 9.97. The molecule has 2 aromatic rings. The number of carbonyl (C=O) groups excluding carboxylic acids is 1. The van der Waals surface area contributed by atoms with Gasteiger partial charge in [0.2, 0.25) is 5.91 Å². The number of amides is 1. The van der Waals surface area contributed by atoms with Crippen molar-refractivity contribution in [2.24, 2.45) is 0 Å². The summed E-state index contributed by atoms with van der Waals surface area (Å²) >= 11 is 0. The number of hydrogen-bond donors (Lipinski definition) is 1. The fourth-order valence-corrected chi connectivity index (χ4v) is 3.18. The second-order valence-corrected chi connectivity index (χ2v) is 6.44. The van der Waals surface area contributed by atoms with E-state index < -0.39 is 11.9 Å². The second-order valence-electron chi connectivity index (χ2n) is 6.44. The number of hydrogen-bond acceptors (Lipinski definition) is 3. The second kappa shape index (κ2) is 6.53. The molecule has 0 bridgehead atoms. The molecule has 0 aliphatic carbocycles. The Balaban J connectivity index is 1.67. The van der Waals surface area contributed by atoms with Gasteiger partial charge in [0.1, 0.15) is 18.1 Å². The molecule has 1 aliphatic rings. The van der Waals surface area contributed by atoms with Crippen LogP contribution in [0.1, 0.15) is 41.7 Å². The van der Waals surface area contributed by atoms with E-state index in [2.05, 4.69) is 15.1 Å². The molecule has 136 valence electrons. The molecule has 2 aromatic heterocycles. The van der Waals surface area contributed by atoms with Gasteiger partial charge < -0.3 is 9.88 Å². The largest absolute Gasteiger partial charge is 0.432 e. The van der Waals surface area contributed by atoms with Crippen LogP contribution in [0.4, 0.5) is 13.2 Å². The zero-order valence-electron chi connectivity index (χ0n) is 14.1. The number of nitrogens with zero attached hydrogens (tertiary/aromatic N) is 4. The van der Waals surface area contributed by atoms with Crippen LogP contribution in [0.3, 0.4) is 0 Å². The summed E-state index contributed by atoms with van der Waals surface area (Å²) in [5.41, 5.74) is 0.894.